The number of hydrogen-bond donors (Lipinski definition) is 2. The fraction of sp³-hybridized carbons (Fsp3) is 0.417. The molecule has 0 aromatic heterocycles. The van der Waals surface area contributed by atoms with Crippen molar-refractivity contribution in [2.45, 2.75) is 11.0 Å². The molecule has 3 rings (SSSR count). The molecule has 1 saturated heterocycles. The smallest absolute Gasteiger partial charge is 0.257 e. The van der Waals surface area contributed by atoms with Crippen LogP contribution in [-0.2, 0) is 19.6 Å². The highest BCUT2D eigenvalue weighted by atomic mass is 32.2. The van der Waals surface area contributed by atoms with Crippen molar-refractivity contribution in [1.29, 1.82) is 0 Å². The Morgan fingerprint density at radius 2 is 2.00 bits per heavy atom. The van der Waals surface area contributed by atoms with Crippen LogP contribution >= 0.6 is 0 Å². The first kappa shape index (κ1) is 13.5. The van der Waals surface area contributed by atoms with Gasteiger partial charge in [0.05, 0.1) is 18.1 Å². The van der Waals surface area contributed by atoms with Gasteiger partial charge in [0.25, 0.3) is 5.91 Å². The van der Waals surface area contributed by atoms with E-state index in [-0.39, 0.29) is 4.90 Å². The van der Waals surface area contributed by atoms with E-state index in [1.807, 2.05) is 0 Å². The SMILES string of the molecule is O=C1Nc2ccc(S(=O)(=O)N3CCOCC3)cc2C1O. The number of fused-ring (bicyclic) bond motifs is 1. The van der Waals surface area contributed by atoms with Gasteiger partial charge in [-0.15, -0.1) is 0 Å². The summed E-state index contributed by atoms with van der Waals surface area (Å²) in [5, 5.41) is 12.2. The van der Waals surface area contributed by atoms with Crippen LogP contribution in [0.1, 0.15) is 11.7 Å². The number of nitrogens with zero attached hydrogens (tertiary/aromatic N) is 1. The summed E-state index contributed by atoms with van der Waals surface area (Å²) in [5.41, 5.74) is 0.743. The lowest BCUT2D eigenvalue weighted by Gasteiger charge is -2.26. The first-order chi connectivity index (χ1) is 9.50. The second-order valence-corrected chi connectivity index (χ2v) is 6.60. The van der Waals surface area contributed by atoms with Crippen molar-refractivity contribution in [3.63, 3.8) is 0 Å². The molecule has 0 spiro atoms. The first-order valence-corrected chi connectivity index (χ1v) is 7.65. The van der Waals surface area contributed by atoms with Crippen molar-refractivity contribution in [2.24, 2.45) is 0 Å². The van der Waals surface area contributed by atoms with Crippen LogP contribution < -0.4 is 5.32 Å². The maximum atomic E-state index is 12.5. The highest BCUT2D eigenvalue weighted by Crippen LogP contribution is 2.33. The van der Waals surface area contributed by atoms with E-state index < -0.39 is 22.0 Å². The normalized spacial score (nSPS) is 23.4. The number of aliphatic hydroxyl groups excluding tert-OH is 1. The van der Waals surface area contributed by atoms with Crippen LogP contribution in [0.25, 0.3) is 0 Å². The molecule has 0 radical (unpaired) electrons. The molecule has 20 heavy (non-hydrogen) atoms. The van der Waals surface area contributed by atoms with Gasteiger partial charge in [-0.25, -0.2) is 8.42 Å². The molecular weight excluding hydrogens is 284 g/mol. The Morgan fingerprint density at radius 1 is 1.30 bits per heavy atom. The van der Waals surface area contributed by atoms with E-state index in [1.165, 1.54) is 22.5 Å². The van der Waals surface area contributed by atoms with E-state index in [1.54, 1.807) is 0 Å². The average molecular weight is 298 g/mol. The number of amides is 1. The van der Waals surface area contributed by atoms with Crippen molar-refractivity contribution in [1.82, 2.24) is 4.31 Å². The standard InChI is InChI=1S/C12H14N2O5S/c15-11-9-7-8(1-2-10(9)13-12(11)16)20(17,18)14-3-5-19-6-4-14/h1-2,7,11,15H,3-6H2,(H,13,16). The minimum Gasteiger partial charge on any atom is -0.379 e. The van der Waals surface area contributed by atoms with E-state index in [0.717, 1.165) is 0 Å². The zero-order chi connectivity index (χ0) is 14.3. The van der Waals surface area contributed by atoms with Gasteiger partial charge in [-0.1, -0.05) is 0 Å². The molecule has 2 N–H and O–H groups in total. The summed E-state index contributed by atoms with van der Waals surface area (Å²) in [5.74, 6) is -0.541. The molecule has 7 nitrogen and oxygen atoms in total. The number of rotatable bonds is 2. The monoisotopic (exact) mass is 298 g/mol. The quantitative estimate of drug-likeness (QED) is 0.781. The van der Waals surface area contributed by atoms with Gasteiger partial charge in [-0.2, -0.15) is 4.31 Å². The Hall–Kier alpha value is -1.48. The van der Waals surface area contributed by atoms with Crippen LogP contribution in [0.2, 0.25) is 0 Å². The maximum absolute atomic E-state index is 12.5. The van der Waals surface area contributed by atoms with Crippen molar-refractivity contribution in [3.8, 4) is 0 Å². The molecule has 1 fully saturated rings. The van der Waals surface area contributed by atoms with E-state index in [2.05, 4.69) is 5.32 Å². The zero-order valence-corrected chi connectivity index (χ0v) is 11.4. The third-order valence-electron chi connectivity index (χ3n) is 3.43. The number of morpholine rings is 1. The third kappa shape index (κ3) is 2.10. The molecule has 1 unspecified atom stereocenters. The average Bonchev–Trinajstić information content (AvgIpc) is 2.75. The molecule has 0 bridgehead atoms. The third-order valence-corrected chi connectivity index (χ3v) is 5.33. The highest BCUT2D eigenvalue weighted by Gasteiger charge is 2.32. The van der Waals surface area contributed by atoms with E-state index in [0.29, 0.717) is 37.6 Å². The number of sulfonamides is 1. The second kappa shape index (κ2) is 4.81. The van der Waals surface area contributed by atoms with E-state index >= 15 is 0 Å². The Labute approximate surface area is 116 Å². The minimum absolute atomic E-state index is 0.0775. The first-order valence-electron chi connectivity index (χ1n) is 6.21. The van der Waals surface area contributed by atoms with Gasteiger partial charge in [0, 0.05) is 24.3 Å². The van der Waals surface area contributed by atoms with Gasteiger partial charge in [-0.3, -0.25) is 4.79 Å². The van der Waals surface area contributed by atoms with Crippen LogP contribution in [0.3, 0.4) is 0 Å². The number of anilines is 1. The molecule has 1 aromatic rings. The molecule has 8 heteroatoms. The molecule has 0 aliphatic carbocycles. The topological polar surface area (TPSA) is 95.9 Å². The number of ether oxygens (including phenoxy) is 1. The Balaban J connectivity index is 1.97. The number of benzene rings is 1. The van der Waals surface area contributed by atoms with E-state index in [9.17, 15) is 18.3 Å². The van der Waals surface area contributed by atoms with Crippen molar-refractivity contribution < 1.29 is 23.1 Å². The second-order valence-electron chi connectivity index (χ2n) is 4.66. The Morgan fingerprint density at radius 3 is 2.70 bits per heavy atom. The number of carbonyl (C=O) groups excluding carboxylic acids is 1. The Bertz CT molecular complexity index is 652. The summed E-state index contributed by atoms with van der Waals surface area (Å²) < 4.78 is 31.4. The summed E-state index contributed by atoms with van der Waals surface area (Å²) in [4.78, 5) is 11.4. The summed E-state index contributed by atoms with van der Waals surface area (Å²) in [6.07, 6.45) is -1.31. The van der Waals surface area contributed by atoms with Crippen molar-refractivity contribution >= 4 is 21.6 Å². The van der Waals surface area contributed by atoms with E-state index in [4.69, 9.17) is 4.74 Å². The van der Waals surface area contributed by atoms with Crippen LogP contribution in [0.4, 0.5) is 5.69 Å². The fourth-order valence-electron chi connectivity index (χ4n) is 2.32. The molecule has 1 atom stereocenters. The fourth-order valence-corrected chi connectivity index (χ4v) is 3.76. The summed E-state index contributed by atoms with van der Waals surface area (Å²) >= 11 is 0. The summed E-state index contributed by atoms with van der Waals surface area (Å²) in [6, 6.07) is 4.28. The van der Waals surface area contributed by atoms with Crippen LogP contribution in [-0.4, -0.2) is 50.0 Å². The van der Waals surface area contributed by atoms with Crippen molar-refractivity contribution in [2.75, 3.05) is 31.6 Å². The lowest BCUT2D eigenvalue weighted by Crippen LogP contribution is -2.40. The van der Waals surface area contributed by atoms with Gasteiger partial charge in [-0.05, 0) is 18.2 Å². The molecular formula is C12H14N2O5S. The zero-order valence-electron chi connectivity index (χ0n) is 10.6. The largest absolute Gasteiger partial charge is 0.379 e. The predicted octanol–water partition coefficient (Wildman–Crippen LogP) is -0.307. The van der Waals surface area contributed by atoms with Gasteiger partial charge in [0.1, 0.15) is 0 Å². The van der Waals surface area contributed by atoms with Gasteiger partial charge >= 0.3 is 0 Å². The molecule has 2 aliphatic rings. The number of aliphatic hydroxyl groups is 1. The van der Waals surface area contributed by atoms with Gasteiger partial charge in [0.15, 0.2) is 6.10 Å². The van der Waals surface area contributed by atoms with Crippen molar-refractivity contribution in [3.05, 3.63) is 23.8 Å². The maximum Gasteiger partial charge on any atom is 0.257 e. The molecule has 108 valence electrons. The number of carbonyl (C=O) groups is 1. The Kier molecular flexibility index (Phi) is 3.25. The van der Waals surface area contributed by atoms with Gasteiger partial charge < -0.3 is 15.2 Å². The highest BCUT2D eigenvalue weighted by molar-refractivity contribution is 7.89. The molecule has 1 amide bonds. The lowest BCUT2D eigenvalue weighted by atomic mass is 10.1. The van der Waals surface area contributed by atoms with Crippen LogP contribution in [0.15, 0.2) is 23.1 Å². The van der Waals surface area contributed by atoms with Crippen LogP contribution in [0.5, 0.6) is 0 Å². The predicted molar refractivity (Wildman–Crippen MR) is 69.6 cm³/mol. The minimum atomic E-state index is -3.62. The number of nitrogens with one attached hydrogen (secondary N) is 1. The summed E-state index contributed by atoms with van der Waals surface area (Å²) in [7, 11) is -3.62. The summed E-state index contributed by atoms with van der Waals surface area (Å²) in [6.45, 7) is 1.35. The number of hydrogen-bond acceptors (Lipinski definition) is 5. The molecule has 2 aliphatic heterocycles. The molecule has 1 aromatic carbocycles. The lowest BCUT2D eigenvalue weighted by molar-refractivity contribution is -0.123. The van der Waals surface area contributed by atoms with Crippen LogP contribution in [0, 0.1) is 0 Å². The molecule has 0 saturated carbocycles. The van der Waals surface area contributed by atoms with Gasteiger partial charge in [0.2, 0.25) is 10.0 Å². The molecule has 2 heterocycles.